The lowest BCUT2D eigenvalue weighted by Crippen LogP contribution is -2.44. The number of amides is 1. The number of rotatable bonds is 7. The molecule has 0 aliphatic rings. The summed E-state index contributed by atoms with van der Waals surface area (Å²) in [6.07, 6.45) is 1.14. The Morgan fingerprint density at radius 1 is 1.24 bits per heavy atom. The summed E-state index contributed by atoms with van der Waals surface area (Å²) < 4.78 is 35.7. The maximum Gasteiger partial charge on any atom is 0.405 e. The maximum atomic E-state index is 14.0. The van der Waals surface area contributed by atoms with Crippen LogP contribution in [0, 0.1) is 25.5 Å². The van der Waals surface area contributed by atoms with Crippen LogP contribution in [0.4, 0.5) is 13.6 Å². The van der Waals surface area contributed by atoms with Crippen LogP contribution in [0.2, 0.25) is 0 Å². The summed E-state index contributed by atoms with van der Waals surface area (Å²) in [6.45, 7) is 6.96. The number of benzene rings is 1. The van der Waals surface area contributed by atoms with Crippen molar-refractivity contribution < 1.29 is 23.4 Å². The van der Waals surface area contributed by atoms with Gasteiger partial charge in [0.2, 0.25) is 0 Å². The zero-order valence-corrected chi connectivity index (χ0v) is 19.8. The van der Waals surface area contributed by atoms with E-state index in [0.29, 0.717) is 39.2 Å². The van der Waals surface area contributed by atoms with E-state index in [-0.39, 0.29) is 12.2 Å². The lowest BCUT2D eigenvalue weighted by Gasteiger charge is -2.22. The number of hydrogen-bond donors (Lipinski definition) is 2. The van der Waals surface area contributed by atoms with E-state index in [0.717, 1.165) is 5.56 Å². The van der Waals surface area contributed by atoms with Crippen LogP contribution in [0.1, 0.15) is 35.7 Å². The van der Waals surface area contributed by atoms with Crippen molar-refractivity contribution in [2.24, 2.45) is 0 Å². The highest BCUT2D eigenvalue weighted by Gasteiger charge is 2.25. The van der Waals surface area contributed by atoms with Crippen molar-refractivity contribution in [3.8, 4) is 16.5 Å². The zero-order valence-electron chi connectivity index (χ0n) is 19.0. The van der Waals surface area contributed by atoms with Crippen molar-refractivity contribution in [2.45, 2.75) is 46.3 Å². The number of carboxylic acid groups (broad SMARTS) is 1. The van der Waals surface area contributed by atoms with Crippen molar-refractivity contribution in [3.05, 3.63) is 63.9 Å². The van der Waals surface area contributed by atoms with Gasteiger partial charge >= 0.3 is 6.09 Å². The summed E-state index contributed by atoms with van der Waals surface area (Å²) in [4.78, 5) is 15.6. The number of aryl methyl sites for hydroxylation is 2. The SMILES string of the molecule is Cc1cc(OCc2c(F)cccc2F)c2nc(C)c(-c3nnc(CC(C)(C)NC(=O)O)s3)n2c1. The van der Waals surface area contributed by atoms with E-state index in [1.807, 2.05) is 24.4 Å². The molecule has 178 valence electrons. The quantitative estimate of drug-likeness (QED) is 0.384. The van der Waals surface area contributed by atoms with Crippen LogP contribution in [-0.4, -0.2) is 36.3 Å². The molecule has 8 nitrogen and oxygen atoms in total. The topological polar surface area (TPSA) is 102 Å². The second-order valence-corrected chi connectivity index (χ2v) is 9.66. The molecule has 0 fully saturated rings. The van der Waals surface area contributed by atoms with Crippen molar-refractivity contribution in [1.29, 1.82) is 0 Å². The second-order valence-electron chi connectivity index (χ2n) is 8.60. The van der Waals surface area contributed by atoms with E-state index in [2.05, 4.69) is 20.5 Å². The summed E-state index contributed by atoms with van der Waals surface area (Å²) >= 11 is 1.34. The summed E-state index contributed by atoms with van der Waals surface area (Å²) in [7, 11) is 0. The molecule has 4 aromatic rings. The van der Waals surface area contributed by atoms with Gasteiger partial charge in [0, 0.05) is 18.2 Å². The molecule has 2 N–H and O–H groups in total. The van der Waals surface area contributed by atoms with Gasteiger partial charge in [-0.15, -0.1) is 10.2 Å². The van der Waals surface area contributed by atoms with Gasteiger partial charge in [-0.1, -0.05) is 17.4 Å². The molecular formula is C23H23F2N5O3S. The Balaban J connectivity index is 1.67. The summed E-state index contributed by atoms with van der Waals surface area (Å²) in [5.41, 5.74) is 1.87. The van der Waals surface area contributed by atoms with Crippen molar-refractivity contribution in [1.82, 2.24) is 24.9 Å². The van der Waals surface area contributed by atoms with Gasteiger partial charge in [-0.05, 0) is 51.5 Å². The second kappa shape index (κ2) is 8.98. The Morgan fingerprint density at radius 2 is 1.94 bits per heavy atom. The van der Waals surface area contributed by atoms with Gasteiger partial charge in [-0.2, -0.15) is 0 Å². The zero-order chi connectivity index (χ0) is 24.6. The Bertz CT molecular complexity index is 1360. The summed E-state index contributed by atoms with van der Waals surface area (Å²) in [6, 6.07) is 5.44. The number of halogens is 2. The van der Waals surface area contributed by atoms with Crippen molar-refractivity contribution in [3.63, 3.8) is 0 Å². The molecule has 0 radical (unpaired) electrons. The van der Waals surface area contributed by atoms with E-state index in [4.69, 9.17) is 9.84 Å². The molecule has 34 heavy (non-hydrogen) atoms. The Kier molecular flexibility index (Phi) is 6.22. The number of ether oxygens (including phenoxy) is 1. The highest BCUT2D eigenvalue weighted by molar-refractivity contribution is 7.14. The van der Waals surface area contributed by atoms with Gasteiger partial charge in [0.05, 0.1) is 11.3 Å². The van der Waals surface area contributed by atoms with Crippen LogP contribution >= 0.6 is 11.3 Å². The highest BCUT2D eigenvalue weighted by Crippen LogP contribution is 2.33. The van der Waals surface area contributed by atoms with E-state index >= 15 is 0 Å². The number of nitrogens with zero attached hydrogens (tertiary/aromatic N) is 4. The standard InChI is InChI=1S/C23H23F2N5O3S/c1-12-8-17(33-11-14-15(24)6-5-7-16(14)25)20-26-13(2)19(30(20)10-12)21-29-28-18(34-21)9-23(3,4)27-22(31)32/h5-8,10,27H,9,11H2,1-4H3,(H,31,32). The van der Waals surface area contributed by atoms with Crippen molar-refractivity contribution >= 4 is 23.1 Å². The normalized spacial score (nSPS) is 11.7. The molecule has 0 atom stereocenters. The third kappa shape index (κ3) is 4.84. The lowest BCUT2D eigenvalue weighted by molar-refractivity contribution is 0.182. The Morgan fingerprint density at radius 3 is 2.62 bits per heavy atom. The van der Waals surface area contributed by atoms with Crippen LogP contribution in [0.25, 0.3) is 16.3 Å². The molecule has 0 bridgehead atoms. The molecule has 11 heteroatoms. The summed E-state index contributed by atoms with van der Waals surface area (Å²) in [5.74, 6) is -0.968. The third-order valence-electron chi connectivity index (χ3n) is 5.14. The van der Waals surface area contributed by atoms with Crippen molar-refractivity contribution in [2.75, 3.05) is 0 Å². The molecule has 0 spiro atoms. The van der Waals surface area contributed by atoms with Crippen LogP contribution < -0.4 is 10.1 Å². The molecule has 4 rings (SSSR count). The van der Waals surface area contributed by atoms with Gasteiger partial charge in [-0.3, -0.25) is 4.40 Å². The number of fused-ring (bicyclic) bond motifs is 1. The average molecular weight is 488 g/mol. The van der Waals surface area contributed by atoms with E-state index in [1.165, 1.54) is 29.5 Å². The number of aromatic nitrogens is 4. The first-order chi connectivity index (χ1) is 16.0. The fraction of sp³-hybridized carbons (Fsp3) is 0.304. The molecule has 1 amide bonds. The van der Waals surface area contributed by atoms with Gasteiger partial charge in [0.15, 0.2) is 16.4 Å². The molecular weight excluding hydrogens is 464 g/mol. The minimum Gasteiger partial charge on any atom is -0.485 e. The van der Waals surface area contributed by atoms with Crippen LogP contribution in [-0.2, 0) is 13.0 Å². The minimum absolute atomic E-state index is 0.156. The monoisotopic (exact) mass is 487 g/mol. The molecule has 0 saturated heterocycles. The first-order valence-electron chi connectivity index (χ1n) is 10.4. The molecule has 0 aliphatic carbocycles. The predicted molar refractivity (Wildman–Crippen MR) is 123 cm³/mol. The van der Waals surface area contributed by atoms with Gasteiger partial charge in [0.25, 0.3) is 0 Å². The van der Waals surface area contributed by atoms with Gasteiger partial charge in [0.1, 0.15) is 28.9 Å². The van der Waals surface area contributed by atoms with Crippen LogP contribution in [0.15, 0.2) is 30.5 Å². The highest BCUT2D eigenvalue weighted by atomic mass is 32.1. The molecule has 1 aromatic carbocycles. The Labute approximate surface area is 198 Å². The first kappa shape index (κ1) is 23.6. The minimum atomic E-state index is -1.11. The number of carbonyl (C=O) groups is 1. The summed E-state index contributed by atoms with van der Waals surface area (Å²) in [5, 5.41) is 21.3. The molecule has 3 aromatic heterocycles. The predicted octanol–water partition coefficient (Wildman–Crippen LogP) is 4.92. The van der Waals surface area contributed by atoms with E-state index < -0.39 is 23.3 Å². The van der Waals surface area contributed by atoms with Gasteiger partial charge < -0.3 is 15.2 Å². The number of imidazole rings is 1. The van der Waals surface area contributed by atoms with E-state index in [9.17, 15) is 13.6 Å². The molecule has 0 unspecified atom stereocenters. The van der Waals surface area contributed by atoms with Crippen LogP contribution in [0.3, 0.4) is 0 Å². The largest absolute Gasteiger partial charge is 0.485 e. The smallest absolute Gasteiger partial charge is 0.405 e. The number of pyridine rings is 1. The number of nitrogens with one attached hydrogen (secondary N) is 1. The fourth-order valence-corrected chi connectivity index (χ4v) is 4.84. The number of hydrogen-bond acceptors (Lipinski definition) is 6. The third-order valence-corrected chi connectivity index (χ3v) is 6.07. The maximum absolute atomic E-state index is 14.0. The lowest BCUT2D eigenvalue weighted by atomic mass is 10.0. The van der Waals surface area contributed by atoms with Crippen LogP contribution in [0.5, 0.6) is 5.75 Å². The molecule has 0 saturated carbocycles. The van der Waals surface area contributed by atoms with Gasteiger partial charge in [-0.25, -0.2) is 18.6 Å². The average Bonchev–Trinajstić information content (AvgIpc) is 3.29. The fourth-order valence-electron chi connectivity index (χ4n) is 3.67. The Hall–Kier alpha value is -3.60. The van der Waals surface area contributed by atoms with E-state index in [1.54, 1.807) is 19.9 Å². The first-order valence-corrected chi connectivity index (χ1v) is 11.2. The molecule has 0 aliphatic heterocycles. The molecule has 3 heterocycles.